The lowest BCUT2D eigenvalue weighted by Crippen LogP contribution is -1.93. The second-order valence-electron chi connectivity index (χ2n) is 4.56. The first-order valence-corrected chi connectivity index (χ1v) is 5.97. The predicted octanol–water partition coefficient (Wildman–Crippen LogP) is 2.82. The van der Waals surface area contributed by atoms with Crippen LogP contribution in [0.25, 0.3) is 22.4 Å². The third-order valence-electron chi connectivity index (χ3n) is 3.14. The molecule has 0 atom stereocenters. The van der Waals surface area contributed by atoms with Gasteiger partial charge < -0.3 is 4.57 Å². The molecule has 19 heavy (non-hydrogen) atoms. The summed E-state index contributed by atoms with van der Waals surface area (Å²) < 4.78 is 1.99. The molecule has 92 valence electrons. The highest BCUT2D eigenvalue weighted by molar-refractivity contribution is 5.81. The molecule has 1 aromatic carbocycles. The number of hydrogen-bond acceptors (Lipinski definition) is 3. The zero-order valence-electron chi connectivity index (χ0n) is 10.8. The minimum Gasteiger partial charge on any atom is -0.327 e. The van der Waals surface area contributed by atoms with E-state index in [2.05, 4.69) is 22.1 Å². The van der Waals surface area contributed by atoms with Gasteiger partial charge in [-0.25, -0.2) is 4.98 Å². The maximum Gasteiger partial charge on any atom is 0.142 e. The van der Waals surface area contributed by atoms with Crippen molar-refractivity contribution in [3.8, 4) is 17.5 Å². The van der Waals surface area contributed by atoms with E-state index >= 15 is 0 Å². The number of pyridine rings is 1. The fourth-order valence-corrected chi connectivity index (χ4v) is 2.19. The minimum absolute atomic E-state index is 0.643. The standard InChI is InChI=1S/C15H12N4/c1-10-5-12(9-17-8-10)15-18-13-4-3-11(7-16)6-14(13)19(15)2/h3-6,8-9H,1-2H3. The van der Waals surface area contributed by atoms with Gasteiger partial charge in [0.2, 0.25) is 0 Å². The van der Waals surface area contributed by atoms with Crippen molar-refractivity contribution in [2.45, 2.75) is 6.92 Å². The molecule has 4 heteroatoms. The highest BCUT2D eigenvalue weighted by Gasteiger charge is 2.10. The number of nitrogens with zero attached hydrogens (tertiary/aromatic N) is 4. The summed E-state index contributed by atoms with van der Waals surface area (Å²) in [5, 5.41) is 8.96. The van der Waals surface area contributed by atoms with Crippen LogP contribution < -0.4 is 0 Å². The van der Waals surface area contributed by atoms with Gasteiger partial charge in [-0.05, 0) is 36.8 Å². The van der Waals surface area contributed by atoms with Gasteiger partial charge in [-0.15, -0.1) is 0 Å². The van der Waals surface area contributed by atoms with Crippen LogP contribution in [0.3, 0.4) is 0 Å². The Balaban J connectivity index is 2.26. The predicted molar refractivity (Wildman–Crippen MR) is 73.4 cm³/mol. The van der Waals surface area contributed by atoms with Crippen molar-refractivity contribution in [1.29, 1.82) is 5.26 Å². The fraction of sp³-hybridized carbons (Fsp3) is 0.133. The van der Waals surface area contributed by atoms with E-state index in [9.17, 15) is 0 Å². The van der Waals surface area contributed by atoms with Crippen LogP contribution in [0.1, 0.15) is 11.1 Å². The summed E-state index contributed by atoms with van der Waals surface area (Å²) in [7, 11) is 1.95. The molecule has 0 unspecified atom stereocenters. The Morgan fingerprint density at radius 2 is 2.05 bits per heavy atom. The molecule has 0 spiro atoms. The lowest BCUT2D eigenvalue weighted by molar-refractivity contribution is 0.956. The second-order valence-corrected chi connectivity index (χ2v) is 4.56. The SMILES string of the molecule is Cc1cncc(-c2nc3ccc(C#N)cc3n2C)c1. The quantitative estimate of drug-likeness (QED) is 0.665. The van der Waals surface area contributed by atoms with Crippen molar-refractivity contribution < 1.29 is 0 Å². The summed E-state index contributed by atoms with van der Waals surface area (Å²) in [6.07, 6.45) is 3.62. The molecule has 0 saturated carbocycles. The molecular formula is C15H12N4. The molecule has 3 rings (SSSR count). The molecule has 2 aromatic heterocycles. The minimum atomic E-state index is 0.643. The van der Waals surface area contributed by atoms with Gasteiger partial charge in [0.1, 0.15) is 5.82 Å². The van der Waals surface area contributed by atoms with E-state index in [4.69, 9.17) is 5.26 Å². The highest BCUT2D eigenvalue weighted by atomic mass is 15.1. The summed E-state index contributed by atoms with van der Waals surface area (Å²) in [5.74, 6) is 0.862. The number of hydrogen-bond donors (Lipinski definition) is 0. The van der Waals surface area contributed by atoms with Crippen LogP contribution in [0.2, 0.25) is 0 Å². The monoisotopic (exact) mass is 248 g/mol. The van der Waals surface area contributed by atoms with Crippen LogP contribution in [-0.4, -0.2) is 14.5 Å². The zero-order chi connectivity index (χ0) is 13.4. The van der Waals surface area contributed by atoms with E-state index in [0.29, 0.717) is 5.56 Å². The second kappa shape index (κ2) is 4.21. The molecule has 0 aliphatic carbocycles. The third-order valence-corrected chi connectivity index (χ3v) is 3.14. The summed E-state index contributed by atoms with van der Waals surface area (Å²) in [6, 6.07) is 9.72. The third kappa shape index (κ3) is 1.85. The topological polar surface area (TPSA) is 54.5 Å². The number of aryl methyl sites for hydroxylation is 2. The Morgan fingerprint density at radius 3 is 2.79 bits per heavy atom. The van der Waals surface area contributed by atoms with Crippen LogP contribution >= 0.6 is 0 Å². The zero-order valence-corrected chi connectivity index (χ0v) is 10.8. The van der Waals surface area contributed by atoms with Gasteiger partial charge in [0.05, 0.1) is 22.7 Å². The van der Waals surface area contributed by atoms with E-state index in [1.54, 1.807) is 12.3 Å². The molecule has 2 heterocycles. The first kappa shape index (κ1) is 11.4. The van der Waals surface area contributed by atoms with Gasteiger partial charge in [0, 0.05) is 25.0 Å². The summed E-state index contributed by atoms with van der Waals surface area (Å²) in [4.78, 5) is 8.81. The average Bonchev–Trinajstić information content (AvgIpc) is 2.76. The highest BCUT2D eigenvalue weighted by Crippen LogP contribution is 2.24. The molecule has 0 fully saturated rings. The molecule has 0 aliphatic heterocycles. The van der Waals surface area contributed by atoms with Crippen molar-refractivity contribution in [1.82, 2.24) is 14.5 Å². The van der Waals surface area contributed by atoms with Crippen molar-refractivity contribution in [2.24, 2.45) is 7.05 Å². The van der Waals surface area contributed by atoms with Gasteiger partial charge in [0.25, 0.3) is 0 Å². The van der Waals surface area contributed by atoms with E-state index < -0.39 is 0 Å². The van der Waals surface area contributed by atoms with Crippen molar-refractivity contribution in [3.63, 3.8) is 0 Å². The van der Waals surface area contributed by atoms with E-state index in [-0.39, 0.29) is 0 Å². The molecule has 0 radical (unpaired) electrons. The Kier molecular flexibility index (Phi) is 2.53. The van der Waals surface area contributed by atoms with Gasteiger partial charge in [-0.2, -0.15) is 5.26 Å². The summed E-state index contributed by atoms with van der Waals surface area (Å²) >= 11 is 0. The largest absolute Gasteiger partial charge is 0.327 e. The van der Waals surface area contributed by atoms with Gasteiger partial charge in [-0.1, -0.05) is 0 Å². The lowest BCUT2D eigenvalue weighted by Gasteiger charge is -2.02. The van der Waals surface area contributed by atoms with Crippen LogP contribution in [0.5, 0.6) is 0 Å². The maximum atomic E-state index is 8.96. The van der Waals surface area contributed by atoms with Crippen molar-refractivity contribution in [2.75, 3.05) is 0 Å². The number of fused-ring (bicyclic) bond motifs is 1. The Hall–Kier alpha value is -2.67. The summed E-state index contributed by atoms with van der Waals surface area (Å²) in [6.45, 7) is 2.01. The van der Waals surface area contributed by atoms with Crippen LogP contribution in [0.15, 0.2) is 36.7 Å². The fourth-order valence-electron chi connectivity index (χ4n) is 2.19. The number of imidazole rings is 1. The maximum absolute atomic E-state index is 8.96. The van der Waals surface area contributed by atoms with Crippen molar-refractivity contribution in [3.05, 3.63) is 47.8 Å². The molecule has 3 aromatic rings. The normalized spacial score (nSPS) is 10.6. The summed E-state index contributed by atoms with van der Waals surface area (Å²) in [5.41, 5.74) is 4.57. The molecule has 4 nitrogen and oxygen atoms in total. The first-order valence-electron chi connectivity index (χ1n) is 5.97. The number of nitriles is 1. The molecule has 0 amide bonds. The Morgan fingerprint density at radius 1 is 1.21 bits per heavy atom. The Bertz CT molecular complexity index is 809. The Labute approximate surface area is 111 Å². The first-order chi connectivity index (χ1) is 9.19. The number of aromatic nitrogens is 3. The van der Waals surface area contributed by atoms with Crippen LogP contribution in [0, 0.1) is 18.3 Å². The van der Waals surface area contributed by atoms with E-state index in [0.717, 1.165) is 28.0 Å². The van der Waals surface area contributed by atoms with E-state index in [1.807, 2.05) is 36.9 Å². The van der Waals surface area contributed by atoms with Gasteiger partial charge >= 0.3 is 0 Å². The number of benzene rings is 1. The van der Waals surface area contributed by atoms with Gasteiger partial charge in [0.15, 0.2) is 0 Å². The molecule has 0 aliphatic rings. The molecular weight excluding hydrogens is 236 g/mol. The smallest absolute Gasteiger partial charge is 0.142 e. The lowest BCUT2D eigenvalue weighted by atomic mass is 10.2. The van der Waals surface area contributed by atoms with Crippen LogP contribution in [0.4, 0.5) is 0 Å². The van der Waals surface area contributed by atoms with Gasteiger partial charge in [-0.3, -0.25) is 4.98 Å². The van der Waals surface area contributed by atoms with Crippen molar-refractivity contribution >= 4 is 11.0 Å². The molecule has 0 saturated heterocycles. The van der Waals surface area contributed by atoms with Crippen LogP contribution in [-0.2, 0) is 7.05 Å². The molecule has 0 N–H and O–H groups in total. The average molecular weight is 248 g/mol. The molecule has 0 bridgehead atoms. The van der Waals surface area contributed by atoms with E-state index in [1.165, 1.54) is 0 Å². The number of rotatable bonds is 1.